The molecule has 0 aliphatic carbocycles. The predicted octanol–water partition coefficient (Wildman–Crippen LogP) is 1.20. The van der Waals surface area contributed by atoms with Crippen molar-refractivity contribution in [2.75, 3.05) is 26.7 Å². The zero-order valence-electron chi connectivity index (χ0n) is 8.45. The van der Waals surface area contributed by atoms with Crippen LogP contribution in [-0.4, -0.2) is 48.6 Å². The van der Waals surface area contributed by atoms with E-state index in [4.69, 9.17) is 0 Å². The fourth-order valence-electron chi connectivity index (χ4n) is 1.79. The van der Waals surface area contributed by atoms with Gasteiger partial charge in [0.1, 0.15) is 0 Å². The molecule has 2 atom stereocenters. The molecule has 1 aliphatic heterocycles. The van der Waals surface area contributed by atoms with E-state index < -0.39 is 0 Å². The molecule has 0 amide bonds. The normalized spacial score (nSPS) is 33.6. The minimum absolute atomic E-state index is 0.671. The molecule has 0 N–H and O–H groups in total. The first-order chi connectivity index (χ1) is 5.65. The van der Waals surface area contributed by atoms with Gasteiger partial charge in [0.15, 0.2) is 0 Å². The maximum absolute atomic E-state index is 3.78. The third-order valence-electron chi connectivity index (χ3n) is 2.79. The molecule has 70 valence electrons. The van der Waals surface area contributed by atoms with Gasteiger partial charge in [-0.25, -0.2) is 0 Å². The Labute approximate surface area is 75.8 Å². The monoisotopic (exact) mass is 168 g/mol. The standard InChI is InChI=1S/C10H20N2/c1-5-6-12-8-9(2)11(4)7-10(12)3/h5,9-10H,1,6-8H2,2-4H3/t9-,10+/m0/s1. The molecular weight excluding hydrogens is 148 g/mol. The number of likely N-dealkylation sites (N-methyl/N-ethyl adjacent to an activating group) is 1. The topological polar surface area (TPSA) is 6.48 Å². The molecule has 0 spiro atoms. The molecular formula is C10H20N2. The molecule has 1 saturated heterocycles. The van der Waals surface area contributed by atoms with E-state index in [-0.39, 0.29) is 0 Å². The lowest BCUT2D eigenvalue weighted by Gasteiger charge is -2.42. The Hall–Kier alpha value is -0.340. The first-order valence-electron chi connectivity index (χ1n) is 4.70. The lowest BCUT2D eigenvalue weighted by atomic mass is 10.1. The third-order valence-corrected chi connectivity index (χ3v) is 2.79. The lowest BCUT2D eigenvalue weighted by Crippen LogP contribution is -2.54. The summed E-state index contributed by atoms with van der Waals surface area (Å²) in [6.07, 6.45) is 1.99. The van der Waals surface area contributed by atoms with Gasteiger partial charge >= 0.3 is 0 Å². The molecule has 2 nitrogen and oxygen atoms in total. The summed E-state index contributed by atoms with van der Waals surface area (Å²) in [4.78, 5) is 4.90. The van der Waals surface area contributed by atoms with Crippen LogP contribution in [0.25, 0.3) is 0 Å². The summed E-state index contributed by atoms with van der Waals surface area (Å²) in [6.45, 7) is 11.7. The van der Waals surface area contributed by atoms with Crippen molar-refractivity contribution in [3.05, 3.63) is 12.7 Å². The van der Waals surface area contributed by atoms with Gasteiger partial charge in [0.2, 0.25) is 0 Å². The maximum atomic E-state index is 3.78. The maximum Gasteiger partial charge on any atom is 0.0198 e. The van der Waals surface area contributed by atoms with Gasteiger partial charge in [-0.05, 0) is 20.9 Å². The quantitative estimate of drug-likeness (QED) is 0.572. The van der Waals surface area contributed by atoms with Crippen LogP contribution >= 0.6 is 0 Å². The second kappa shape index (κ2) is 4.06. The Morgan fingerprint density at radius 3 is 2.58 bits per heavy atom. The van der Waals surface area contributed by atoms with Crippen molar-refractivity contribution in [3.63, 3.8) is 0 Å². The molecule has 1 fully saturated rings. The SMILES string of the molecule is C=CCN1C[C@H](C)N(C)C[C@H]1C. The van der Waals surface area contributed by atoms with Gasteiger partial charge in [0, 0.05) is 31.7 Å². The second-order valence-corrected chi connectivity index (χ2v) is 3.88. The molecule has 1 aliphatic rings. The zero-order valence-corrected chi connectivity index (χ0v) is 8.45. The van der Waals surface area contributed by atoms with Gasteiger partial charge in [-0.1, -0.05) is 6.08 Å². The summed E-state index contributed by atoms with van der Waals surface area (Å²) in [6, 6.07) is 1.35. The van der Waals surface area contributed by atoms with Crippen LogP contribution in [0.3, 0.4) is 0 Å². The summed E-state index contributed by atoms with van der Waals surface area (Å²) in [5.74, 6) is 0. The summed E-state index contributed by atoms with van der Waals surface area (Å²) in [5, 5.41) is 0. The average molecular weight is 168 g/mol. The average Bonchev–Trinajstić information content (AvgIpc) is 2.01. The van der Waals surface area contributed by atoms with Gasteiger partial charge in [0.05, 0.1) is 0 Å². The predicted molar refractivity (Wildman–Crippen MR) is 53.3 cm³/mol. The number of hydrogen-bond donors (Lipinski definition) is 0. The van der Waals surface area contributed by atoms with E-state index in [0.29, 0.717) is 12.1 Å². The fourth-order valence-corrected chi connectivity index (χ4v) is 1.79. The van der Waals surface area contributed by atoms with E-state index >= 15 is 0 Å². The molecule has 0 unspecified atom stereocenters. The van der Waals surface area contributed by atoms with E-state index in [9.17, 15) is 0 Å². The van der Waals surface area contributed by atoms with Crippen LogP contribution in [-0.2, 0) is 0 Å². The van der Waals surface area contributed by atoms with Crippen molar-refractivity contribution in [2.24, 2.45) is 0 Å². The number of hydrogen-bond acceptors (Lipinski definition) is 2. The van der Waals surface area contributed by atoms with E-state index in [2.05, 4.69) is 37.3 Å². The molecule has 0 aromatic carbocycles. The Morgan fingerprint density at radius 1 is 1.33 bits per heavy atom. The number of rotatable bonds is 2. The van der Waals surface area contributed by atoms with Crippen molar-refractivity contribution in [1.29, 1.82) is 0 Å². The van der Waals surface area contributed by atoms with Crippen LogP contribution in [0.2, 0.25) is 0 Å². The number of piperazine rings is 1. The van der Waals surface area contributed by atoms with E-state index in [1.807, 2.05) is 6.08 Å². The van der Waals surface area contributed by atoms with E-state index in [1.54, 1.807) is 0 Å². The lowest BCUT2D eigenvalue weighted by molar-refractivity contribution is 0.0691. The molecule has 0 saturated carbocycles. The third kappa shape index (κ3) is 2.08. The van der Waals surface area contributed by atoms with Gasteiger partial charge in [-0.15, -0.1) is 6.58 Å². The van der Waals surface area contributed by atoms with Crippen LogP contribution in [0, 0.1) is 0 Å². The van der Waals surface area contributed by atoms with Crippen molar-refractivity contribution in [3.8, 4) is 0 Å². The first kappa shape index (κ1) is 9.75. The van der Waals surface area contributed by atoms with Crippen molar-refractivity contribution >= 4 is 0 Å². The van der Waals surface area contributed by atoms with Crippen molar-refractivity contribution in [2.45, 2.75) is 25.9 Å². The highest BCUT2D eigenvalue weighted by Crippen LogP contribution is 2.12. The van der Waals surface area contributed by atoms with Gasteiger partial charge in [0.25, 0.3) is 0 Å². The highest BCUT2D eigenvalue weighted by molar-refractivity contribution is 4.86. The smallest absolute Gasteiger partial charge is 0.0198 e. The molecule has 0 bridgehead atoms. The summed E-state index contributed by atoms with van der Waals surface area (Å²) < 4.78 is 0. The Kier molecular flexibility index (Phi) is 3.29. The van der Waals surface area contributed by atoms with Crippen LogP contribution in [0.1, 0.15) is 13.8 Å². The molecule has 2 heteroatoms. The molecule has 0 aromatic heterocycles. The minimum Gasteiger partial charge on any atom is -0.301 e. The highest BCUT2D eigenvalue weighted by atomic mass is 15.3. The largest absolute Gasteiger partial charge is 0.301 e. The van der Waals surface area contributed by atoms with E-state index in [1.165, 1.54) is 13.1 Å². The van der Waals surface area contributed by atoms with Crippen LogP contribution in [0.5, 0.6) is 0 Å². The number of nitrogens with zero attached hydrogens (tertiary/aromatic N) is 2. The van der Waals surface area contributed by atoms with Crippen molar-refractivity contribution in [1.82, 2.24) is 9.80 Å². The Bertz CT molecular complexity index is 156. The second-order valence-electron chi connectivity index (χ2n) is 3.88. The summed E-state index contributed by atoms with van der Waals surface area (Å²) >= 11 is 0. The van der Waals surface area contributed by atoms with Gasteiger partial charge in [-0.3, -0.25) is 4.90 Å². The van der Waals surface area contributed by atoms with Crippen molar-refractivity contribution < 1.29 is 0 Å². The van der Waals surface area contributed by atoms with Crippen LogP contribution < -0.4 is 0 Å². The van der Waals surface area contributed by atoms with Crippen LogP contribution in [0.15, 0.2) is 12.7 Å². The molecule has 1 rings (SSSR count). The van der Waals surface area contributed by atoms with E-state index in [0.717, 1.165) is 6.54 Å². The van der Waals surface area contributed by atoms with Gasteiger partial charge in [-0.2, -0.15) is 0 Å². The summed E-state index contributed by atoms with van der Waals surface area (Å²) in [5.41, 5.74) is 0. The fraction of sp³-hybridized carbons (Fsp3) is 0.800. The first-order valence-corrected chi connectivity index (χ1v) is 4.70. The Balaban J connectivity index is 2.49. The minimum atomic E-state index is 0.671. The summed E-state index contributed by atoms with van der Waals surface area (Å²) in [7, 11) is 2.20. The van der Waals surface area contributed by atoms with Gasteiger partial charge < -0.3 is 4.90 Å². The Morgan fingerprint density at radius 2 is 2.00 bits per heavy atom. The molecule has 1 heterocycles. The van der Waals surface area contributed by atoms with Crippen LogP contribution in [0.4, 0.5) is 0 Å². The molecule has 12 heavy (non-hydrogen) atoms. The molecule has 0 aromatic rings. The zero-order chi connectivity index (χ0) is 9.14. The molecule has 0 radical (unpaired) electrons. The highest BCUT2D eigenvalue weighted by Gasteiger charge is 2.25.